The van der Waals surface area contributed by atoms with Crippen LogP contribution in [0.25, 0.3) is 0 Å². The molecule has 0 spiro atoms. The maximum atomic E-state index is 13.7. The molecular weight excluding hydrogens is 482 g/mol. The molecule has 10 heteroatoms. The van der Waals surface area contributed by atoms with Crippen LogP contribution in [0.2, 0.25) is 0 Å². The van der Waals surface area contributed by atoms with E-state index in [0.29, 0.717) is 16.9 Å². The van der Waals surface area contributed by atoms with Gasteiger partial charge in [0, 0.05) is 11.8 Å². The maximum Gasteiger partial charge on any atom is 0.416 e. The van der Waals surface area contributed by atoms with E-state index < -0.39 is 23.5 Å². The SMILES string of the molecule is Cc1cc(F)ccc1N1CN(c2ccc(=O)[nH]c2Br)C(=O)c2ccc(C(F)(F)F)cc21. The molecule has 1 aliphatic heterocycles. The quantitative estimate of drug-likeness (QED) is 0.384. The highest BCUT2D eigenvalue weighted by molar-refractivity contribution is 9.10. The summed E-state index contributed by atoms with van der Waals surface area (Å²) in [7, 11) is 0. The molecule has 1 N–H and O–H groups in total. The van der Waals surface area contributed by atoms with Crippen molar-refractivity contribution in [2.24, 2.45) is 0 Å². The fourth-order valence-electron chi connectivity index (χ4n) is 3.50. The number of carbonyl (C=O) groups excluding carboxylic acids is 1. The van der Waals surface area contributed by atoms with Crippen LogP contribution in [0.15, 0.2) is 57.9 Å². The molecule has 0 radical (unpaired) electrons. The monoisotopic (exact) mass is 495 g/mol. The number of H-pyrrole nitrogens is 1. The number of fused-ring (bicyclic) bond motifs is 1. The number of nitrogens with zero attached hydrogens (tertiary/aromatic N) is 2. The Labute approximate surface area is 182 Å². The standard InChI is InChI=1S/C21H14BrF4N3O2/c1-11-8-13(23)3-5-15(11)28-10-29(16-6-7-18(30)27-19(16)22)20(31)14-4-2-12(9-17(14)28)21(24,25)26/h2-9H,10H2,1H3,(H,27,30). The summed E-state index contributed by atoms with van der Waals surface area (Å²) in [6, 6.07) is 9.47. The van der Waals surface area contributed by atoms with Crippen LogP contribution in [0.5, 0.6) is 0 Å². The number of aromatic amines is 1. The molecule has 0 bridgehead atoms. The number of hydrogen-bond acceptors (Lipinski definition) is 3. The van der Waals surface area contributed by atoms with Crippen LogP contribution in [0.3, 0.4) is 0 Å². The summed E-state index contributed by atoms with van der Waals surface area (Å²) in [5.41, 5.74) is 0.0783. The van der Waals surface area contributed by atoms with Gasteiger partial charge in [-0.15, -0.1) is 0 Å². The Hall–Kier alpha value is -3.14. The van der Waals surface area contributed by atoms with Crippen molar-refractivity contribution in [3.63, 3.8) is 0 Å². The summed E-state index contributed by atoms with van der Waals surface area (Å²) in [6.07, 6.45) is -4.60. The van der Waals surface area contributed by atoms with Gasteiger partial charge < -0.3 is 9.88 Å². The van der Waals surface area contributed by atoms with Crippen LogP contribution in [0.4, 0.5) is 34.6 Å². The van der Waals surface area contributed by atoms with Crippen molar-refractivity contribution in [2.75, 3.05) is 16.5 Å². The molecule has 0 atom stereocenters. The van der Waals surface area contributed by atoms with Crippen LogP contribution < -0.4 is 15.4 Å². The normalized spacial score (nSPS) is 14.1. The average molecular weight is 496 g/mol. The minimum absolute atomic E-state index is 0.0427. The molecule has 4 rings (SSSR count). The Morgan fingerprint density at radius 2 is 1.65 bits per heavy atom. The van der Waals surface area contributed by atoms with Crippen molar-refractivity contribution in [2.45, 2.75) is 13.1 Å². The van der Waals surface area contributed by atoms with Gasteiger partial charge in [-0.05, 0) is 70.9 Å². The molecule has 0 aliphatic carbocycles. The number of anilines is 3. The van der Waals surface area contributed by atoms with E-state index in [1.165, 1.54) is 40.1 Å². The number of pyridine rings is 1. The van der Waals surface area contributed by atoms with Gasteiger partial charge in [0.15, 0.2) is 0 Å². The lowest BCUT2D eigenvalue weighted by Gasteiger charge is -2.39. The van der Waals surface area contributed by atoms with Crippen LogP contribution in [-0.2, 0) is 6.18 Å². The van der Waals surface area contributed by atoms with E-state index in [-0.39, 0.29) is 28.1 Å². The van der Waals surface area contributed by atoms with Crippen molar-refractivity contribution in [3.05, 3.63) is 86.0 Å². The molecule has 2 heterocycles. The van der Waals surface area contributed by atoms with E-state index in [1.807, 2.05) is 0 Å². The van der Waals surface area contributed by atoms with E-state index in [4.69, 9.17) is 0 Å². The summed E-state index contributed by atoms with van der Waals surface area (Å²) in [5, 5.41) is 0. The predicted octanol–water partition coefficient (Wildman–Crippen LogP) is 5.36. The third-order valence-corrected chi connectivity index (χ3v) is 5.57. The zero-order valence-electron chi connectivity index (χ0n) is 15.9. The molecule has 1 aromatic heterocycles. The predicted molar refractivity (Wildman–Crippen MR) is 111 cm³/mol. The highest BCUT2D eigenvalue weighted by atomic mass is 79.9. The zero-order chi connectivity index (χ0) is 22.5. The van der Waals surface area contributed by atoms with Gasteiger partial charge in [-0.1, -0.05) is 0 Å². The van der Waals surface area contributed by atoms with Crippen LogP contribution in [-0.4, -0.2) is 17.6 Å². The molecule has 0 unspecified atom stereocenters. The van der Waals surface area contributed by atoms with E-state index in [0.717, 1.165) is 18.2 Å². The Morgan fingerprint density at radius 3 is 2.29 bits per heavy atom. The van der Waals surface area contributed by atoms with Gasteiger partial charge in [-0.25, -0.2) is 4.39 Å². The van der Waals surface area contributed by atoms with Crippen LogP contribution in [0, 0.1) is 12.7 Å². The molecule has 1 aliphatic rings. The van der Waals surface area contributed by atoms with E-state index >= 15 is 0 Å². The lowest BCUT2D eigenvalue weighted by Crippen LogP contribution is -2.45. The number of hydrogen-bond donors (Lipinski definition) is 1. The number of benzene rings is 2. The van der Waals surface area contributed by atoms with Crippen molar-refractivity contribution in [1.82, 2.24) is 4.98 Å². The van der Waals surface area contributed by atoms with Gasteiger partial charge in [0.2, 0.25) is 5.56 Å². The second-order valence-corrected chi connectivity index (χ2v) is 7.78. The van der Waals surface area contributed by atoms with E-state index in [2.05, 4.69) is 20.9 Å². The molecule has 3 aromatic rings. The Morgan fingerprint density at radius 1 is 0.935 bits per heavy atom. The highest BCUT2D eigenvalue weighted by Crippen LogP contribution is 2.41. The van der Waals surface area contributed by atoms with Gasteiger partial charge in [-0.2, -0.15) is 13.2 Å². The summed E-state index contributed by atoms with van der Waals surface area (Å²) < 4.78 is 53.9. The first-order chi connectivity index (χ1) is 14.6. The minimum Gasteiger partial charge on any atom is -0.322 e. The number of alkyl halides is 3. The van der Waals surface area contributed by atoms with Gasteiger partial charge >= 0.3 is 6.18 Å². The largest absolute Gasteiger partial charge is 0.416 e. The molecular formula is C21H14BrF4N3O2. The fourth-order valence-corrected chi connectivity index (χ4v) is 4.04. The average Bonchev–Trinajstić information content (AvgIpc) is 2.68. The Kier molecular flexibility index (Phi) is 5.12. The fraction of sp³-hybridized carbons (Fsp3) is 0.143. The molecule has 0 fully saturated rings. The first-order valence-electron chi connectivity index (χ1n) is 9.02. The minimum atomic E-state index is -4.60. The number of carbonyl (C=O) groups is 1. The molecule has 0 saturated heterocycles. The topological polar surface area (TPSA) is 56.4 Å². The van der Waals surface area contributed by atoms with E-state index in [1.54, 1.807) is 6.92 Å². The number of amides is 1. The summed E-state index contributed by atoms with van der Waals surface area (Å²) in [4.78, 5) is 30.1. The number of aromatic nitrogens is 1. The summed E-state index contributed by atoms with van der Waals surface area (Å²) in [6.45, 7) is 1.48. The molecule has 5 nitrogen and oxygen atoms in total. The zero-order valence-corrected chi connectivity index (χ0v) is 17.5. The lowest BCUT2D eigenvalue weighted by molar-refractivity contribution is -0.137. The van der Waals surface area contributed by atoms with Gasteiger partial charge in [0.1, 0.15) is 17.1 Å². The third-order valence-electron chi connectivity index (χ3n) is 4.97. The lowest BCUT2D eigenvalue weighted by atomic mass is 10.0. The van der Waals surface area contributed by atoms with Crippen molar-refractivity contribution in [3.8, 4) is 0 Å². The summed E-state index contributed by atoms with van der Waals surface area (Å²) in [5.74, 6) is -1.02. The van der Waals surface area contributed by atoms with Crippen molar-refractivity contribution >= 4 is 38.9 Å². The van der Waals surface area contributed by atoms with Crippen molar-refractivity contribution < 1.29 is 22.4 Å². The molecule has 2 aromatic carbocycles. The van der Waals surface area contributed by atoms with Gasteiger partial charge in [-0.3, -0.25) is 14.5 Å². The van der Waals surface area contributed by atoms with Crippen LogP contribution in [0.1, 0.15) is 21.5 Å². The first kappa shape index (κ1) is 21.1. The third kappa shape index (κ3) is 3.83. The molecule has 160 valence electrons. The Balaban J connectivity index is 1.93. The number of aryl methyl sites for hydroxylation is 1. The van der Waals surface area contributed by atoms with Crippen molar-refractivity contribution in [1.29, 1.82) is 0 Å². The maximum absolute atomic E-state index is 13.7. The molecule has 0 saturated carbocycles. The van der Waals surface area contributed by atoms with Gasteiger partial charge in [0.05, 0.1) is 22.5 Å². The number of halogens is 5. The van der Waals surface area contributed by atoms with Crippen LogP contribution >= 0.6 is 15.9 Å². The molecule has 31 heavy (non-hydrogen) atoms. The number of rotatable bonds is 2. The van der Waals surface area contributed by atoms with E-state index in [9.17, 15) is 27.2 Å². The smallest absolute Gasteiger partial charge is 0.322 e. The second-order valence-electron chi connectivity index (χ2n) is 6.98. The molecule has 1 amide bonds. The Bertz CT molecular complexity index is 1260. The number of nitrogens with one attached hydrogen (secondary N) is 1. The second kappa shape index (κ2) is 7.52. The summed E-state index contributed by atoms with van der Waals surface area (Å²) >= 11 is 3.22. The first-order valence-corrected chi connectivity index (χ1v) is 9.81. The highest BCUT2D eigenvalue weighted by Gasteiger charge is 2.37. The van der Waals surface area contributed by atoms with Gasteiger partial charge in [0.25, 0.3) is 5.91 Å².